The van der Waals surface area contributed by atoms with Gasteiger partial charge in [-0.1, -0.05) is 0 Å². The van der Waals surface area contributed by atoms with Gasteiger partial charge in [0.1, 0.15) is 0 Å². The standard InChI is InChI=1S/C5H11NO2.BrH/c1-3-8-5(7)4-6-2;/h6H,3-4H2,1-2H3;1H. The molecule has 3 nitrogen and oxygen atoms in total. The minimum Gasteiger partial charge on any atom is -0.465 e. The number of carbonyl (C=O) groups is 1. The summed E-state index contributed by atoms with van der Waals surface area (Å²) < 4.78 is 4.58. The molecule has 0 radical (unpaired) electrons. The molecule has 0 spiro atoms. The van der Waals surface area contributed by atoms with Crippen LogP contribution >= 0.6 is 17.0 Å². The Morgan fingerprint density at radius 3 is 2.56 bits per heavy atom. The van der Waals surface area contributed by atoms with Crippen LogP contribution in [0.25, 0.3) is 0 Å². The van der Waals surface area contributed by atoms with E-state index in [0.29, 0.717) is 13.2 Å². The van der Waals surface area contributed by atoms with Gasteiger partial charge in [0.2, 0.25) is 0 Å². The molecule has 0 aliphatic heterocycles. The summed E-state index contributed by atoms with van der Waals surface area (Å²) in [5, 5.41) is 2.68. The molecule has 56 valence electrons. The Bertz CT molecular complexity index is 69.4. The normalized spacial score (nSPS) is 7.78. The second-order valence-corrected chi connectivity index (χ2v) is 1.34. The average Bonchev–Trinajstić information content (AvgIpc) is 1.68. The van der Waals surface area contributed by atoms with Gasteiger partial charge in [-0.25, -0.2) is 0 Å². The van der Waals surface area contributed by atoms with Gasteiger partial charge in [-0.3, -0.25) is 4.79 Å². The van der Waals surface area contributed by atoms with Crippen LogP contribution in [-0.2, 0) is 9.53 Å². The quantitative estimate of drug-likeness (QED) is 0.665. The van der Waals surface area contributed by atoms with E-state index in [1.807, 2.05) is 0 Å². The van der Waals surface area contributed by atoms with Crippen LogP contribution in [0.3, 0.4) is 0 Å². The van der Waals surface area contributed by atoms with Crippen molar-refractivity contribution in [3.8, 4) is 0 Å². The lowest BCUT2D eigenvalue weighted by molar-refractivity contribution is -0.141. The molecule has 0 rings (SSSR count). The highest BCUT2D eigenvalue weighted by atomic mass is 79.9. The zero-order valence-electron chi connectivity index (χ0n) is 5.64. The number of esters is 1. The van der Waals surface area contributed by atoms with Crippen LogP contribution in [0.4, 0.5) is 0 Å². The van der Waals surface area contributed by atoms with Crippen LogP contribution in [0, 0.1) is 0 Å². The second kappa shape index (κ2) is 7.91. The van der Waals surface area contributed by atoms with Crippen LogP contribution in [0.5, 0.6) is 0 Å². The topological polar surface area (TPSA) is 38.3 Å². The van der Waals surface area contributed by atoms with Crippen molar-refractivity contribution in [2.45, 2.75) is 6.92 Å². The molecule has 0 fully saturated rings. The van der Waals surface area contributed by atoms with Crippen LogP contribution in [0.2, 0.25) is 0 Å². The summed E-state index contributed by atoms with van der Waals surface area (Å²) in [6.07, 6.45) is 0. The molecule has 0 saturated carbocycles. The number of ether oxygens (including phenoxy) is 1. The molecule has 0 saturated heterocycles. The SMILES string of the molecule is Br.CCOC(=O)CNC. The number of rotatable bonds is 3. The Labute approximate surface area is 65.5 Å². The highest BCUT2D eigenvalue weighted by Gasteiger charge is 1.94. The van der Waals surface area contributed by atoms with E-state index in [9.17, 15) is 4.79 Å². The monoisotopic (exact) mass is 197 g/mol. The number of carbonyl (C=O) groups excluding carboxylic acids is 1. The van der Waals surface area contributed by atoms with Crippen molar-refractivity contribution in [1.82, 2.24) is 5.32 Å². The van der Waals surface area contributed by atoms with Gasteiger partial charge in [-0.2, -0.15) is 0 Å². The summed E-state index contributed by atoms with van der Waals surface area (Å²) in [7, 11) is 1.71. The lowest BCUT2D eigenvalue weighted by atomic mass is 10.6. The maximum absolute atomic E-state index is 10.4. The first-order valence-corrected chi connectivity index (χ1v) is 2.61. The number of hydrogen-bond acceptors (Lipinski definition) is 3. The molecular formula is C5H12BrNO2. The van der Waals surface area contributed by atoms with Crippen molar-refractivity contribution in [3.63, 3.8) is 0 Å². The first kappa shape index (κ1) is 11.7. The molecule has 0 amide bonds. The van der Waals surface area contributed by atoms with Gasteiger partial charge in [0, 0.05) is 0 Å². The van der Waals surface area contributed by atoms with Gasteiger partial charge in [-0.15, -0.1) is 17.0 Å². The van der Waals surface area contributed by atoms with Crippen molar-refractivity contribution < 1.29 is 9.53 Å². The molecule has 0 aliphatic rings. The molecule has 0 unspecified atom stereocenters. The molecule has 9 heavy (non-hydrogen) atoms. The summed E-state index contributed by atoms with van der Waals surface area (Å²) in [5.74, 6) is -0.199. The maximum atomic E-state index is 10.4. The highest BCUT2D eigenvalue weighted by molar-refractivity contribution is 8.93. The van der Waals surface area contributed by atoms with Gasteiger partial charge in [0.15, 0.2) is 0 Å². The van der Waals surface area contributed by atoms with Crippen molar-refractivity contribution in [2.24, 2.45) is 0 Å². The van der Waals surface area contributed by atoms with Gasteiger partial charge >= 0.3 is 5.97 Å². The highest BCUT2D eigenvalue weighted by Crippen LogP contribution is 1.72. The lowest BCUT2D eigenvalue weighted by Crippen LogP contribution is -2.20. The van der Waals surface area contributed by atoms with Crippen molar-refractivity contribution in [1.29, 1.82) is 0 Å². The summed E-state index contributed by atoms with van der Waals surface area (Å²) >= 11 is 0. The summed E-state index contributed by atoms with van der Waals surface area (Å²) in [4.78, 5) is 10.4. The Morgan fingerprint density at radius 1 is 1.67 bits per heavy atom. The fourth-order valence-corrected chi connectivity index (χ4v) is 0.356. The fourth-order valence-electron chi connectivity index (χ4n) is 0.356. The van der Waals surface area contributed by atoms with E-state index >= 15 is 0 Å². The fraction of sp³-hybridized carbons (Fsp3) is 0.800. The third-order valence-corrected chi connectivity index (χ3v) is 0.626. The summed E-state index contributed by atoms with van der Waals surface area (Å²) in [6, 6.07) is 0. The Balaban J connectivity index is 0. The lowest BCUT2D eigenvalue weighted by Gasteiger charge is -1.97. The van der Waals surface area contributed by atoms with Crippen LogP contribution in [0.1, 0.15) is 6.92 Å². The number of hydrogen-bond donors (Lipinski definition) is 1. The Kier molecular flexibility index (Phi) is 10.3. The van der Waals surface area contributed by atoms with Gasteiger partial charge < -0.3 is 10.1 Å². The van der Waals surface area contributed by atoms with Gasteiger partial charge in [0.05, 0.1) is 13.2 Å². The third kappa shape index (κ3) is 7.91. The molecule has 0 heterocycles. The summed E-state index contributed by atoms with van der Waals surface area (Å²) in [6.45, 7) is 2.54. The van der Waals surface area contributed by atoms with E-state index in [4.69, 9.17) is 0 Å². The predicted octanol–water partition coefficient (Wildman–Crippen LogP) is 0.347. The smallest absolute Gasteiger partial charge is 0.319 e. The molecular weight excluding hydrogens is 186 g/mol. The molecule has 0 bridgehead atoms. The minimum absolute atomic E-state index is 0. The van der Waals surface area contributed by atoms with E-state index < -0.39 is 0 Å². The number of nitrogens with one attached hydrogen (secondary N) is 1. The first-order valence-electron chi connectivity index (χ1n) is 2.61. The van der Waals surface area contributed by atoms with Crippen LogP contribution in [-0.4, -0.2) is 26.2 Å². The number of likely N-dealkylation sites (N-methyl/N-ethyl adjacent to an activating group) is 1. The molecule has 0 atom stereocenters. The van der Waals surface area contributed by atoms with Crippen LogP contribution in [0.15, 0.2) is 0 Å². The predicted molar refractivity (Wildman–Crippen MR) is 40.9 cm³/mol. The molecule has 1 N–H and O–H groups in total. The van der Waals surface area contributed by atoms with E-state index in [0.717, 1.165) is 0 Å². The molecule has 4 heteroatoms. The second-order valence-electron chi connectivity index (χ2n) is 1.34. The van der Waals surface area contributed by atoms with Crippen LogP contribution < -0.4 is 5.32 Å². The largest absolute Gasteiger partial charge is 0.465 e. The van der Waals surface area contributed by atoms with Gasteiger partial charge in [0.25, 0.3) is 0 Å². The zero-order chi connectivity index (χ0) is 6.41. The van der Waals surface area contributed by atoms with Crippen molar-refractivity contribution >= 4 is 23.0 Å². The molecule has 0 aliphatic carbocycles. The first-order chi connectivity index (χ1) is 3.81. The van der Waals surface area contributed by atoms with Crippen molar-refractivity contribution in [3.05, 3.63) is 0 Å². The zero-order valence-corrected chi connectivity index (χ0v) is 7.35. The molecule has 0 aromatic carbocycles. The van der Waals surface area contributed by atoms with Crippen molar-refractivity contribution in [2.75, 3.05) is 20.2 Å². The Hall–Kier alpha value is -0.0900. The van der Waals surface area contributed by atoms with E-state index in [2.05, 4.69) is 10.1 Å². The number of halogens is 1. The van der Waals surface area contributed by atoms with E-state index in [1.54, 1.807) is 14.0 Å². The minimum atomic E-state index is -0.199. The molecule has 0 aromatic heterocycles. The molecule has 0 aromatic rings. The maximum Gasteiger partial charge on any atom is 0.319 e. The Morgan fingerprint density at radius 2 is 2.22 bits per heavy atom. The van der Waals surface area contributed by atoms with Gasteiger partial charge in [-0.05, 0) is 14.0 Å². The van der Waals surface area contributed by atoms with E-state index in [1.165, 1.54) is 0 Å². The average molecular weight is 198 g/mol. The summed E-state index contributed by atoms with van der Waals surface area (Å²) in [5.41, 5.74) is 0. The van der Waals surface area contributed by atoms with E-state index in [-0.39, 0.29) is 23.0 Å². The third-order valence-electron chi connectivity index (χ3n) is 0.626.